The number of piperidine rings is 1. The van der Waals surface area contributed by atoms with Gasteiger partial charge in [-0.05, 0) is 43.1 Å². The minimum atomic E-state index is -0.105. The zero-order valence-corrected chi connectivity index (χ0v) is 14.5. The molecule has 0 spiro atoms. The first-order chi connectivity index (χ1) is 12.8. The molecule has 4 rings (SSSR count). The second-order valence-corrected chi connectivity index (χ2v) is 6.69. The maximum atomic E-state index is 12.2. The summed E-state index contributed by atoms with van der Waals surface area (Å²) in [5.41, 5.74) is 2.72. The predicted octanol–water partition coefficient (Wildman–Crippen LogP) is 2.61. The number of hydrogen-bond acceptors (Lipinski definition) is 5. The topological polar surface area (TPSA) is 74.8 Å². The first kappa shape index (κ1) is 16.6. The van der Waals surface area contributed by atoms with Gasteiger partial charge in [0, 0.05) is 55.4 Å². The van der Waals surface area contributed by atoms with Gasteiger partial charge >= 0.3 is 0 Å². The van der Waals surface area contributed by atoms with Crippen LogP contribution in [0.3, 0.4) is 0 Å². The standard InChI is InChI=1S/C20H21N5O/c26-19-11-18(16-5-8-21-9-6-16)23-20(24-19)17-4-2-10-25(14-17)13-15-3-1-7-22-12-15/h1,3,5-9,11-12,17H,2,4,10,13-14H2,(H,23,24,26)/t17-/m1/s1. The number of likely N-dealkylation sites (tertiary alicyclic amines) is 1. The smallest absolute Gasteiger partial charge is 0.251 e. The molecule has 1 aliphatic heterocycles. The predicted molar refractivity (Wildman–Crippen MR) is 99.6 cm³/mol. The van der Waals surface area contributed by atoms with Crippen molar-refractivity contribution in [1.29, 1.82) is 0 Å². The van der Waals surface area contributed by atoms with Gasteiger partial charge in [-0.1, -0.05) is 6.07 Å². The molecule has 0 bridgehead atoms. The Morgan fingerprint density at radius 1 is 1.15 bits per heavy atom. The zero-order chi connectivity index (χ0) is 17.8. The molecule has 3 aromatic heterocycles. The fourth-order valence-corrected chi connectivity index (χ4v) is 3.51. The van der Waals surface area contributed by atoms with Crippen molar-refractivity contribution >= 4 is 0 Å². The number of aromatic nitrogens is 4. The summed E-state index contributed by atoms with van der Waals surface area (Å²) in [6, 6.07) is 9.37. The normalized spacial score (nSPS) is 17.9. The average Bonchev–Trinajstić information content (AvgIpc) is 2.69. The van der Waals surface area contributed by atoms with E-state index in [0.29, 0.717) is 5.69 Å². The van der Waals surface area contributed by atoms with Crippen molar-refractivity contribution in [3.63, 3.8) is 0 Å². The maximum Gasteiger partial charge on any atom is 0.251 e. The second-order valence-electron chi connectivity index (χ2n) is 6.69. The minimum absolute atomic E-state index is 0.105. The Bertz CT molecular complexity index is 910. The molecule has 4 heterocycles. The van der Waals surface area contributed by atoms with Crippen LogP contribution in [0.1, 0.15) is 30.1 Å². The number of pyridine rings is 2. The Balaban J connectivity index is 1.55. The van der Waals surface area contributed by atoms with Gasteiger partial charge in [0.05, 0.1) is 5.69 Å². The monoisotopic (exact) mass is 347 g/mol. The number of nitrogens with zero attached hydrogens (tertiary/aromatic N) is 4. The number of aromatic amines is 1. The van der Waals surface area contributed by atoms with E-state index in [0.717, 1.165) is 43.9 Å². The molecule has 1 N–H and O–H groups in total. The fraction of sp³-hybridized carbons (Fsp3) is 0.300. The Morgan fingerprint density at radius 2 is 2.04 bits per heavy atom. The average molecular weight is 347 g/mol. The van der Waals surface area contributed by atoms with Gasteiger partial charge in [0.25, 0.3) is 5.56 Å². The van der Waals surface area contributed by atoms with E-state index >= 15 is 0 Å². The Hall–Kier alpha value is -2.86. The van der Waals surface area contributed by atoms with Crippen molar-refractivity contribution < 1.29 is 0 Å². The van der Waals surface area contributed by atoms with E-state index in [1.54, 1.807) is 24.7 Å². The van der Waals surface area contributed by atoms with E-state index < -0.39 is 0 Å². The van der Waals surface area contributed by atoms with E-state index in [2.05, 4.69) is 25.9 Å². The summed E-state index contributed by atoms with van der Waals surface area (Å²) in [5.74, 6) is 1.01. The lowest BCUT2D eigenvalue weighted by Gasteiger charge is -2.32. The molecule has 0 saturated carbocycles. The molecular weight excluding hydrogens is 326 g/mol. The SMILES string of the molecule is O=c1cc(-c2ccncc2)nc([C@@H]2CCCN(Cc3cccnc3)C2)[nH]1. The molecule has 0 aromatic carbocycles. The first-order valence-electron chi connectivity index (χ1n) is 8.91. The molecule has 6 heteroatoms. The van der Waals surface area contributed by atoms with Crippen LogP contribution in [0, 0.1) is 0 Å². The van der Waals surface area contributed by atoms with E-state index in [1.807, 2.05) is 24.4 Å². The summed E-state index contributed by atoms with van der Waals surface area (Å²) in [5, 5.41) is 0. The highest BCUT2D eigenvalue weighted by atomic mass is 16.1. The van der Waals surface area contributed by atoms with Crippen molar-refractivity contribution in [1.82, 2.24) is 24.8 Å². The summed E-state index contributed by atoms with van der Waals surface area (Å²) < 4.78 is 0. The van der Waals surface area contributed by atoms with Crippen molar-refractivity contribution in [2.24, 2.45) is 0 Å². The van der Waals surface area contributed by atoms with Crippen LogP contribution in [-0.4, -0.2) is 37.9 Å². The van der Waals surface area contributed by atoms with Crippen LogP contribution in [0.4, 0.5) is 0 Å². The molecule has 6 nitrogen and oxygen atoms in total. The largest absolute Gasteiger partial charge is 0.310 e. The highest BCUT2D eigenvalue weighted by Gasteiger charge is 2.23. The molecule has 0 unspecified atom stereocenters. The van der Waals surface area contributed by atoms with Crippen molar-refractivity contribution in [3.8, 4) is 11.3 Å². The van der Waals surface area contributed by atoms with Crippen LogP contribution in [0.2, 0.25) is 0 Å². The van der Waals surface area contributed by atoms with Crippen molar-refractivity contribution in [2.45, 2.75) is 25.3 Å². The third kappa shape index (κ3) is 3.86. The van der Waals surface area contributed by atoms with E-state index in [4.69, 9.17) is 4.98 Å². The maximum absolute atomic E-state index is 12.2. The molecular formula is C20H21N5O. The summed E-state index contributed by atoms with van der Waals surface area (Å²) in [6.45, 7) is 2.82. The summed E-state index contributed by atoms with van der Waals surface area (Å²) in [6.07, 6.45) is 9.26. The number of rotatable bonds is 4. The first-order valence-corrected chi connectivity index (χ1v) is 8.91. The third-order valence-corrected chi connectivity index (χ3v) is 4.76. The van der Waals surface area contributed by atoms with E-state index in [9.17, 15) is 4.79 Å². The number of H-pyrrole nitrogens is 1. The zero-order valence-electron chi connectivity index (χ0n) is 14.5. The van der Waals surface area contributed by atoms with Crippen LogP contribution in [-0.2, 0) is 6.54 Å². The minimum Gasteiger partial charge on any atom is -0.310 e. The second kappa shape index (κ2) is 7.58. The lowest BCUT2D eigenvalue weighted by molar-refractivity contribution is 0.196. The van der Waals surface area contributed by atoms with Gasteiger partial charge in [-0.2, -0.15) is 0 Å². The number of hydrogen-bond donors (Lipinski definition) is 1. The molecule has 26 heavy (non-hydrogen) atoms. The van der Waals surface area contributed by atoms with E-state index in [1.165, 1.54) is 5.56 Å². The lowest BCUT2D eigenvalue weighted by atomic mass is 9.96. The van der Waals surface area contributed by atoms with Gasteiger partial charge in [-0.3, -0.25) is 19.7 Å². The van der Waals surface area contributed by atoms with Gasteiger partial charge in [-0.15, -0.1) is 0 Å². The molecule has 1 atom stereocenters. The van der Waals surface area contributed by atoms with Crippen LogP contribution in [0.25, 0.3) is 11.3 Å². The summed E-state index contributed by atoms with van der Waals surface area (Å²) >= 11 is 0. The Kier molecular flexibility index (Phi) is 4.84. The van der Waals surface area contributed by atoms with Crippen LogP contribution < -0.4 is 5.56 Å². The molecule has 132 valence electrons. The molecule has 0 aliphatic carbocycles. The summed E-state index contributed by atoms with van der Waals surface area (Å²) in [4.78, 5) is 30.5. The molecule has 0 amide bonds. The molecule has 1 fully saturated rings. The molecule has 3 aromatic rings. The van der Waals surface area contributed by atoms with Crippen LogP contribution >= 0.6 is 0 Å². The highest BCUT2D eigenvalue weighted by Crippen LogP contribution is 2.26. The fourth-order valence-electron chi connectivity index (χ4n) is 3.51. The lowest BCUT2D eigenvalue weighted by Crippen LogP contribution is -2.35. The molecule has 0 radical (unpaired) electrons. The van der Waals surface area contributed by atoms with Crippen molar-refractivity contribution in [2.75, 3.05) is 13.1 Å². The van der Waals surface area contributed by atoms with Crippen LogP contribution in [0.15, 0.2) is 59.9 Å². The van der Waals surface area contributed by atoms with Crippen molar-refractivity contribution in [3.05, 3.63) is 76.9 Å². The Morgan fingerprint density at radius 3 is 2.85 bits per heavy atom. The van der Waals surface area contributed by atoms with Gasteiger partial charge in [0.2, 0.25) is 0 Å². The highest BCUT2D eigenvalue weighted by molar-refractivity contribution is 5.57. The third-order valence-electron chi connectivity index (χ3n) is 4.76. The molecule has 1 aliphatic rings. The summed E-state index contributed by atoms with van der Waals surface area (Å²) in [7, 11) is 0. The number of nitrogens with one attached hydrogen (secondary N) is 1. The van der Waals surface area contributed by atoms with E-state index in [-0.39, 0.29) is 11.5 Å². The van der Waals surface area contributed by atoms with Gasteiger partial charge in [0.1, 0.15) is 5.82 Å². The van der Waals surface area contributed by atoms with Crippen LogP contribution in [0.5, 0.6) is 0 Å². The van der Waals surface area contributed by atoms with Gasteiger partial charge in [0.15, 0.2) is 0 Å². The molecule has 1 saturated heterocycles. The van der Waals surface area contributed by atoms with Gasteiger partial charge < -0.3 is 4.98 Å². The van der Waals surface area contributed by atoms with Gasteiger partial charge in [-0.25, -0.2) is 4.98 Å². The quantitative estimate of drug-likeness (QED) is 0.785. The Labute approximate surface area is 152 Å².